The van der Waals surface area contributed by atoms with Crippen molar-refractivity contribution in [2.75, 3.05) is 53.9 Å². The first-order valence-corrected chi connectivity index (χ1v) is 22.8. The number of benzene rings is 3. The van der Waals surface area contributed by atoms with Gasteiger partial charge in [-0.3, -0.25) is 34.7 Å². The van der Waals surface area contributed by atoms with Gasteiger partial charge in [-0.25, -0.2) is 0 Å². The number of hydrogen-bond donors (Lipinski definition) is 4. The van der Waals surface area contributed by atoms with Crippen LogP contribution in [0.5, 0.6) is 6.01 Å². The minimum Gasteiger partial charge on any atom is -0.463 e. The number of amides is 5. The number of carbonyl (C=O) groups excluding carboxylic acids is 5. The number of nitrogens with one attached hydrogen (secondary N) is 4. The van der Waals surface area contributed by atoms with Gasteiger partial charge >= 0.3 is 6.01 Å². The summed E-state index contributed by atoms with van der Waals surface area (Å²) in [4.78, 5) is 75.4. The average Bonchev–Trinajstić information content (AvgIpc) is 3.64. The van der Waals surface area contributed by atoms with Crippen LogP contribution in [0.15, 0.2) is 77.9 Å². The van der Waals surface area contributed by atoms with Crippen molar-refractivity contribution in [3.05, 3.63) is 101 Å². The molecular formula is C49H59N9O7. The third-order valence-electron chi connectivity index (χ3n) is 11.7. The second-order valence-electron chi connectivity index (χ2n) is 16.7. The molecule has 4 N–H and O–H groups in total. The number of nitrogens with zero attached hydrogens (tertiary/aromatic N) is 5. The molecule has 5 amide bonds. The number of hydrogen-bond acceptors (Lipinski definition) is 12. The second kappa shape index (κ2) is 23.3. The van der Waals surface area contributed by atoms with Gasteiger partial charge in [-0.2, -0.15) is 15.1 Å². The summed E-state index contributed by atoms with van der Waals surface area (Å²) in [5, 5.41) is 12.7. The molecule has 3 aliphatic heterocycles. The van der Waals surface area contributed by atoms with Gasteiger partial charge in [0, 0.05) is 73.9 Å². The van der Waals surface area contributed by atoms with E-state index in [2.05, 4.69) is 47.4 Å². The highest BCUT2D eigenvalue weighted by Gasteiger charge is 2.40. The minimum atomic E-state index is -0.700. The number of piperidine rings is 1. The monoisotopic (exact) mass is 885 g/mol. The highest BCUT2D eigenvalue weighted by Crippen LogP contribution is 2.32. The molecular weight excluding hydrogens is 827 g/mol. The summed E-state index contributed by atoms with van der Waals surface area (Å²) in [6.45, 7) is 5.34. The Morgan fingerprint density at radius 2 is 1.57 bits per heavy atom. The molecule has 1 unspecified atom stereocenters. The van der Waals surface area contributed by atoms with Crippen LogP contribution in [0, 0.1) is 6.92 Å². The SMILES string of the molecule is Cc1cccc(/C=N/Nc2cc(N3CCOCC3)nc(OCCc3ccc(NC(=O)CCCCCCCCCCC(=O)Nc4cccc5c4CN(C4CCC(=O)NC4=O)C5=O)cc3)n2)c1. The zero-order valence-corrected chi connectivity index (χ0v) is 37.1. The number of ether oxygens (including phenoxy) is 2. The third-order valence-corrected chi connectivity index (χ3v) is 11.7. The zero-order valence-electron chi connectivity index (χ0n) is 37.1. The molecule has 7 rings (SSSR count). The lowest BCUT2D eigenvalue weighted by molar-refractivity contribution is -0.137. The molecule has 16 nitrogen and oxygen atoms in total. The Labute approximate surface area is 379 Å². The molecule has 2 saturated heterocycles. The normalized spacial score (nSPS) is 16.1. The summed E-state index contributed by atoms with van der Waals surface area (Å²) < 4.78 is 11.6. The Kier molecular flexibility index (Phi) is 16.6. The standard InChI is InChI=1S/C49H59N9O7/c1-34-12-10-13-36(30-34)32-50-56-42-31-43(57-25-28-64-29-26-57)54-49(53-42)65-27-24-35-18-20-37(21-19-35)51-44(59)16-8-6-4-2-3-5-7-9-17-45(60)52-40-15-11-14-38-39(40)33-58(48(38)63)41-22-23-46(61)55-47(41)62/h10-15,18-21,30-32,41H,2-9,16-17,22-29,33H2,1H3,(H,51,59)(H,52,60)(H,53,54,56)(H,55,61,62)/b50-32+. The fourth-order valence-electron chi connectivity index (χ4n) is 8.20. The maximum Gasteiger partial charge on any atom is 0.320 e. The van der Waals surface area contributed by atoms with E-state index in [0.717, 1.165) is 92.7 Å². The Hall–Kier alpha value is -6.68. The van der Waals surface area contributed by atoms with Crippen molar-refractivity contribution in [1.29, 1.82) is 0 Å². The van der Waals surface area contributed by atoms with Crippen LogP contribution < -0.4 is 31.0 Å². The van der Waals surface area contributed by atoms with Gasteiger partial charge < -0.3 is 29.9 Å². The fraction of sp³-hybridized carbons (Fsp3) is 0.429. The van der Waals surface area contributed by atoms with Gasteiger partial charge in [-0.1, -0.05) is 86.6 Å². The van der Waals surface area contributed by atoms with Crippen molar-refractivity contribution < 1.29 is 33.4 Å². The minimum absolute atomic E-state index is 0.00277. The van der Waals surface area contributed by atoms with Crippen molar-refractivity contribution in [3.8, 4) is 6.01 Å². The summed E-state index contributed by atoms with van der Waals surface area (Å²) >= 11 is 0. The smallest absolute Gasteiger partial charge is 0.320 e. The summed E-state index contributed by atoms with van der Waals surface area (Å²) in [5.41, 5.74) is 8.75. The number of aryl methyl sites for hydroxylation is 1. The number of fused-ring (bicyclic) bond motifs is 1. The summed E-state index contributed by atoms with van der Waals surface area (Å²) in [5.74, 6) is 0.126. The van der Waals surface area contributed by atoms with E-state index < -0.39 is 11.9 Å². The molecule has 3 aromatic carbocycles. The zero-order chi connectivity index (χ0) is 45.4. The van der Waals surface area contributed by atoms with Gasteiger partial charge in [0.2, 0.25) is 23.6 Å². The number of aromatic nitrogens is 2. The van der Waals surface area contributed by atoms with E-state index in [4.69, 9.17) is 9.47 Å². The fourth-order valence-corrected chi connectivity index (χ4v) is 8.20. The number of morpholine rings is 1. The molecule has 0 aliphatic carbocycles. The Morgan fingerprint density at radius 1 is 0.862 bits per heavy atom. The van der Waals surface area contributed by atoms with E-state index in [1.165, 1.54) is 4.90 Å². The molecule has 0 saturated carbocycles. The molecule has 16 heteroatoms. The molecule has 3 aliphatic rings. The summed E-state index contributed by atoms with van der Waals surface area (Å²) in [6, 6.07) is 22.5. The molecule has 1 aromatic heterocycles. The number of rotatable bonds is 22. The number of hydrazone groups is 1. The predicted octanol–water partition coefficient (Wildman–Crippen LogP) is 6.93. The summed E-state index contributed by atoms with van der Waals surface area (Å²) in [6.07, 6.45) is 11.5. The second-order valence-corrected chi connectivity index (χ2v) is 16.7. The van der Waals surface area contributed by atoms with Crippen molar-refractivity contribution >= 4 is 58.8 Å². The van der Waals surface area contributed by atoms with E-state index >= 15 is 0 Å². The molecule has 65 heavy (non-hydrogen) atoms. The van der Waals surface area contributed by atoms with Crippen LogP contribution in [-0.2, 0) is 36.9 Å². The van der Waals surface area contributed by atoms with E-state index in [9.17, 15) is 24.0 Å². The first-order chi connectivity index (χ1) is 31.7. The van der Waals surface area contributed by atoms with E-state index in [1.54, 1.807) is 24.4 Å². The number of imide groups is 1. The number of carbonyl (C=O) groups is 5. The molecule has 0 bridgehead atoms. The van der Waals surface area contributed by atoms with Crippen molar-refractivity contribution in [1.82, 2.24) is 20.2 Å². The highest BCUT2D eigenvalue weighted by molar-refractivity contribution is 6.06. The van der Waals surface area contributed by atoms with Crippen LogP contribution in [0.4, 0.5) is 23.0 Å². The van der Waals surface area contributed by atoms with Crippen LogP contribution in [0.2, 0.25) is 0 Å². The Morgan fingerprint density at radius 3 is 2.29 bits per heavy atom. The van der Waals surface area contributed by atoms with E-state index in [0.29, 0.717) is 61.7 Å². The van der Waals surface area contributed by atoms with Crippen molar-refractivity contribution in [2.24, 2.45) is 5.10 Å². The lowest BCUT2D eigenvalue weighted by atomic mass is 10.0. The van der Waals surface area contributed by atoms with Crippen molar-refractivity contribution in [2.45, 2.75) is 103 Å². The predicted molar refractivity (Wildman–Crippen MR) is 249 cm³/mol. The molecule has 4 aromatic rings. The van der Waals surface area contributed by atoms with Crippen LogP contribution in [0.3, 0.4) is 0 Å². The van der Waals surface area contributed by atoms with Crippen LogP contribution in [0.1, 0.15) is 110 Å². The maximum absolute atomic E-state index is 13.1. The number of anilines is 4. The first-order valence-electron chi connectivity index (χ1n) is 22.8. The largest absolute Gasteiger partial charge is 0.463 e. The van der Waals surface area contributed by atoms with E-state index in [1.807, 2.05) is 55.5 Å². The van der Waals surface area contributed by atoms with Crippen LogP contribution in [0.25, 0.3) is 0 Å². The van der Waals surface area contributed by atoms with E-state index in [-0.39, 0.29) is 49.0 Å². The van der Waals surface area contributed by atoms with Gasteiger partial charge in [-0.05, 0) is 61.6 Å². The van der Waals surface area contributed by atoms with Crippen molar-refractivity contribution in [3.63, 3.8) is 0 Å². The molecule has 342 valence electrons. The van der Waals surface area contributed by atoms with Crippen LogP contribution in [-0.4, -0.2) is 89.6 Å². The molecule has 4 heterocycles. The lowest BCUT2D eigenvalue weighted by Gasteiger charge is -2.29. The molecule has 2 fully saturated rings. The maximum atomic E-state index is 13.1. The van der Waals surface area contributed by atoms with Gasteiger partial charge in [0.05, 0.1) is 26.0 Å². The highest BCUT2D eigenvalue weighted by atomic mass is 16.5. The molecule has 1 atom stereocenters. The van der Waals surface area contributed by atoms with Gasteiger partial charge in [0.25, 0.3) is 5.91 Å². The average molecular weight is 886 g/mol. The third kappa shape index (κ3) is 13.7. The summed E-state index contributed by atoms with van der Waals surface area (Å²) in [7, 11) is 0. The van der Waals surface area contributed by atoms with Gasteiger partial charge in [0.1, 0.15) is 11.9 Å². The lowest BCUT2D eigenvalue weighted by Crippen LogP contribution is -2.52. The molecule has 0 spiro atoms. The Balaban J connectivity index is 0.738. The van der Waals surface area contributed by atoms with Gasteiger partial charge in [-0.15, -0.1) is 0 Å². The molecule has 0 radical (unpaired) electrons. The Bertz CT molecular complexity index is 2330. The van der Waals surface area contributed by atoms with Gasteiger partial charge in [0.15, 0.2) is 5.82 Å². The quantitative estimate of drug-likeness (QED) is 0.0277. The number of unbranched alkanes of at least 4 members (excludes halogenated alkanes) is 7. The first kappa shape index (κ1) is 46.3. The van der Waals surface area contributed by atoms with Crippen LogP contribution >= 0.6 is 0 Å². The topological polar surface area (TPSA) is 197 Å².